The summed E-state index contributed by atoms with van der Waals surface area (Å²) in [6, 6.07) is 18.2. The highest BCUT2D eigenvalue weighted by Gasteiger charge is 2.04. The van der Waals surface area contributed by atoms with Crippen LogP contribution in [0, 0.1) is 0 Å². The van der Waals surface area contributed by atoms with Gasteiger partial charge in [-0.1, -0.05) is 24.3 Å². The van der Waals surface area contributed by atoms with Crippen molar-refractivity contribution in [3.8, 4) is 0 Å². The molecular formula is C17H13N3O2S. The summed E-state index contributed by atoms with van der Waals surface area (Å²) in [5.74, 6) is 0.285. The van der Waals surface area contributed by atoms with Crippen LogP contribution in [0.1, 0.15) is 16.1 Å². The van der Waals surface area contributed by atoms with Crippen LogP contribution >= 0.6 is 11.8 Å². The Morgan fingerprint density at radius 2 is 1.91 bits per heavy atom. The number of hydrogen-bond acceptors (Lipinski definition) is 5. The Morgan fingerprint density at radius 1 is 1.09 bits per heavy atom. The highest BCUT2D eigenvalue weighted by atomic mass is 32.2. The summed E-state index contributed by atoms with van der Waals surface area (Å²) in [5.41, 5.74) is 3.01. The van der Waals surface area contributed by atoms with E-state index in [0.717, 1.165) is 5.03 Å². The molecule has 0 atom stereocenters. The van der Waals surface area contributed by atoms with Gasteiger partial charge < -0.3 is 4.42 Å². The van der Waals surface area contributed by atoms with E-state index in [1.165, 1.54) is 18.0 Å². The Bertz CT molecular complexity index is 801. The van der Waals surface area contributed by atoms with Crippen molar-refractivity contribution in [2.45, 2.75) is 10.1 Å². The first-order valence-electron chi connectivity index (χ1n) is 6.88. The third kappa shape index (κ3) is 4.31. The standard InChI is InChI=1S/C17H13N3O2S/c21-17(13-6-2-1-3-7-13)20-19-12-14-9-10-16(22-14)23-15-8-4-5-11-18-15/h1-12H,(H,20,21)/b19-12+. The van der Waals surface area contributed by atoms with Gasteiger partial charge in [-0.15, -0.1) is 0 Å². The third-order valence-electron chi connectivity index (χ3n) is 2.84. The van der Waals surface area contributed by atoms with E-state index in [4.69, 9.17) is 4.42 Å². The minimum absolute atomic E-state index is 0.267. The van der Waals surface area contributed by atoms with Gasteiger partial charge in [0.2, 0.25) is 0 Å². The van der Waals surface area contributed by atoms with Gasteiger partial charge in [-0.3, -0.25) is 4.79 Å². The first-order valence-corrected chi connectivity index (χ1v) is 7.70. The second-order valence-corrected chi connectivity index (χ2v) is 5.52. The molecule has 23 heavy (non-hydrogen) atoms. The summed E-state index contributed by atoms with van der Waals surface area (Å²) in [5, 5.41) is 5.45. The summed E-state index contributed by atoms with van der Waals surface area (Å²) in [6.07, 6.45) is 3.19. The maximum atomic E-state index is 11.8. The van der Waals surface area contributed by atoms with Gasteiger partial charge in [-0.2, -0.15) is 5.10 Å². The van der Waals surface area contributed by atoms with E-state index in [0.29, 0.717) is 16.4 Å². The van der Waals surface area contributed by atoms with Crippen LogP contribution in [0.15, 0.2) is 86.5 Å². The normalized spacial score (nSPS) is 10.8. The molecule has 0 aliphatic rings. The molecular weight excluding hydrogens is 310 g/mol. The van der Waals surface area contributed by atoms with Crippen molar-refractivity contribution in [1.29, 1.82) is 0 Å². The van der Waals surface area contributed by atoms with E-state index >= 15 is 0 Å². The van der Waals surface area contributed by atoms with Crippen LogP contribution in [0.4, 0.5) is 0 Å². The van der Waals surface area contributed by atoms with Crippen LogP contribution in [-0.4, -0.2) is 17.1 Å². The fourth-order valence-corrected chi connectivity index (χ4v) is 2.52. The molecule has 1 N–H and O–H groups in total. The fourth-order valence-electron chi connectivity index (χ4n) is 1.78. The highest BCUT2D eigenvalue weighted by molar-refractivity contribution is 7.99. The Balaban J connectivity index is 1.57. The second kappa shape index (κ2) is 7.42. The number of hydrogen-bond donors (Lipinski definition) is 1. The molecule has 1 amide bonds. The summed E-state index contributed by atoms with van der Waals surface area (Å²) < 4.78 is 5.60. The number of furan rings is 1. The number of aromatic nitrogens is 1. The van der Waals surface area contributed by atoms with Crippen molar-refractivity contribution in [2.75, 3.05) is 0 Å². The van der Waals surface area contributed by atoms with Crippen LogP contribution in [0.2, 0.25) is 0 Å². The molecule has 0 aliphatic heterocycles. The number of amides is 1. The molecule has 114 valence electrons. The predicted molar refractivity (Wildman–Crippen MR) is 88.6 cm³/mol. The number of pyridine rings is 1. The van der Waals surface area contributed by atoms with Gasteiger partial charge in [0.15, 0.2) is 5.09 Å². The van der Waals surface area contributed by atoms with Gasteiger partial charge in [0.25, 0.3) is 5.91 Å². The maximum Gasteiger partial charge on any atom is 0.271 e. The number of nitrogens with zero attached hydrogens (tertiary/aromatic N) is 2. The lowest BCUT2D eigenvalue weighted by Crippen LogP contribution is -2.17. The van der Waals surface area contributed by atoms with Crippen molar-refractivity contribution in [2.24, 2.45) is 5.10 Å². The summed E-state index contributed by atoms with van der Waals surface area (Å²) in [7, 11) is 0. The second-order valence-electron chi connectivity index (χ2n) is 4.49. The molecule has 0 unspecified atom stereocenters. The Labute approximate surface area is 137 Å². The molecule has 2 heterocycles. The van der Waals surface area contributed by atoms with E-state index in [-0.39, 0.29) is 5.91 Å². The summed E-state index contributed by atoms with van der Waals surface area (Å²) >= 11 is 1.42. The summed E-state index contributed by atoms with van der Waals surface area (Å²) in [6.45, 7) is 0. The molecule has 0 radical (unpaired) electrons. The predicted octanol–water partition coefficient (Wildman–Crippen LogP) is 3.59. The topological polar surface area (TPSA) is 67.5 Å². The molecule has 3 rings (SSSR count). The fraction of sp³-hybridized carbons (Fsp3) is 0. The van der Waals surface area contributed by atoms with Crippen molar-refractivity contribution in [3.63, 3.8) is 0 Å². The lowest BCUT2D eigenvalue weighted by molar-refractivity contribution is 0.0955. The molecule has 0 aliphatic carbocycles. The number of rotatable bonds is 5. The maximum absolute atomic E-state index is 11.8. The lowest BCUT2D eigenvalue weighted by atomic mass is 10.2. The zero-order chi connectivity index (χ0) is 15.9. The van der Waals surface area contributed by atoms with E-state index < -0.39 is 0 Å². The number of carbonyl (C=O) groups is 1. The minimum atomic E-state index is -0.267. The number of hydrazone groups is 1. The third-order valence-corrected chi connectivity index (χ3v) is 3.71. The lowest BCUT2D eigenvalue weighted by Gasteiger charge is -1.98. The van der Waals surface area contributed by atoms with E-state index in [1.807, 2.05) is 30.3 Å². The molecule has 3 aromatic rings. The number of benzene rings is 1. The van der Waals surface area contributed by atoms with Crippen LogP contribution < -0.4 is 5.43 Å². The number of carbonyl (C=O) groups excluding carboxylic acids is 1. The van der Waals surface area contributed by atoms with E-state index in [2.05, 4.69) is 15.5 Å². The largest absolute Gasteiger partial charge is 0.448 e. The van der Waals surface area contributed by atoms with Crippen molar-refractivity contribution in [1.82, 2.24) is 10.4 Å². The van der Waals surface area contributed by atoms with Gasteiger partial charge in [-0.25, -0.2) is 10.4 Å². The zero-order valence-corrected chi connectivity index (χ0v) is 12.9. The quantitative estimate of drug-likeness (QED) is 0.575. The molecule has 0 bridgehead atoms. The molecule has 0 fully saturated rings. The van der Waals surface area contributed by atoms with E-state index in [1.54, 1.807) is 36.5 Å². The van der Waals surface area contributed by atoms with Crippen molar-refractivity contribution in [3.05, 3.63) is 78.2 Å². The average Bonchev–Trinajstić information content (AvgIpc) is 3.04. The van der Waals surface area contributed by atoms with Crippen LogP contribution in [0.25, 0.3) is 0 Å². The minimum Gasteiger partial charge on any atom is -0.448 e. The smallest absolute Gasteiger partial charge is 0.271 e. The Morgan fingerprint density at radius 3 is 2.70 bits per heavy atom. The van der Waals surface area contributed by atoms with Crippen molar-refractivity contribution < 1.29 is 9.21 Å². The van der Waals surface area contributed by atoms with Crippen LogP contribution in [0.3, 0.4) is 0 Å². The van der Waals surface area contributed by atoms with E-state index in [9.17, 15) is 4.79 Å². The van der Waals surface area contributed by atoms with Crippen LogP contribution in [0.5, 0.6) is 0 Å². The molecule has 0 saturated carbocycles. The van der Waals surface area contributed by atoms with Crippen LogP contribution in [-0.2, 0) is 0 Å². The average molecular weight is 323 g/mol. The van der Waals surface area contributed by atoms with Gasteiger partial charge in [-0.05, 0) is 48.2 Å². The SMILES string of the molecule is O=C(N/N=C/c1ccc(Sc2ccccn2)o1)c1ccccc1. The first kappa shape index (κ1) is 15.1. The monoisotopic (exact) mass is 323 g/mol. The molecule has 0 saturated heterocycles. The van der Waals surface area contributed by atoms with Gasteiger partial charge in [0.1, 0.15) is 10.8 Å². The zero-order valence-electron chi connectivity index (χ0n) is 12.0. The highest BCUT2D eigenvalue weighted by Crippen LogP contribution is 2.26. The van der Waals surface area contributed by atoms with Gasteiger partial charge in [0.05, 0.1) is 6.21 Å². The molecule has 6 heteroatoms. The Hall–Kier alpha value is -2.86. The van der Waals surface area contributed by atoms with Gasteiger partial charge >= 0.3 is 0 Å². The van der Waals surface area contributed by atoms with Gasteiger partial charge in [0, 0.05) is 11.8 Å². The molecule has 5 nitrogen and oxygen atoms in total. The summed E-state index contributed by atoms with van der Waals surface area (Å²) in [4.78, 5) is 16.0. The van der Waals surface area contributed by atoms with Crippen molar-refractivity contribution >= 4 is 23.9 Å². The number of nitrogens with one attached hydrogen (secondary N) is 1. The molecule has 0 spiro atoms. The molecule has 2 aromatic heterocycles. The first-order chi connectivity index (χ1) is 11.3. The Kier molecular flexibility index (Phi) is 4.85. The molecule has 1 aromatic carbocycles.